The predicted molar refractivity (Wildman–Crippen MR) is 125 cm³/mol. The van der Waals surface area contributed by atoms with Crippen LogP contribution in [-0.4, -0.2) is 76.4 Å². The number of hydrogen-bond acceptors (Lipinski definition) is 8. The number of aliphatic hydroxyl groups excluding tert-OH is 1. The zero-order valence-corrected chi connectivity index (χ0v) is 20.6. The summed E-state index contributed by atoms with van der Waals surface area (Å²) in [5.41, 5.74) is -0.473. The molecule has 3 amide bonds. The van der Waals surface area contributed by atoms with E-state index in [9.17, 15) is 29.4 Å². The quantitative estimate of drug-likeness (QED) is 0.337. The molecule has 2 rings (SSSR count). The third-order valence-electron chi connectivity index (χ3n) is 5.01. The molecule has 0 saturated heterocycles. The Hall–Kier alpha value is -3.34. The van der Waals surface area contributed by atoms with Crippen molar-refractivity contribution < 1.29 is 38.9 Å². The highest BCUT2D eigenvalue weighted by Gasteiger charge is 2.44. The average Bonchev–Trinajstić information content (AvgIpc) is 3.59. The molecule has 0 heterocycles. The number of aromatic hydroxyl groups is 1. The molecule has 0 aromatic heterocycles. The fraction of sp³-hybridized carbons (Fsp3) is 0.583. The Balaban J connectivity index is 2.30. The van der Waals surface area contributed by atoms with Crippen molar-refractivity contribution in [2.45, 2.75) is 70.7 Å². The first-order chi connectivity index (χ1) is 16.5. The SMILES string of the molecule is CCOC(=O)CCNC(=O)C(c1cccc(O)c1)N(C(=O)C(CO)NC(=O)OC(C)(C)C)C1CC1. The first-order valence-corrected chi connectivity index (χ1v) is 11.6. The number of phenolic OH excluding ortho intramolecular Hbond substituents is 1. The van der Waals surface area contributed by atoms with Gasteiger partial charge in [0.15, 0.2) is 0 Å². The van der Waals surface area contributed by atoms with E-state index in [0.717, 1.165) is 0 Å². The van der Waals surface area contributed by atoms with Gasteiger partial charge in [0.05, 0.1) is 19.6 Å². The Kier molecular flexibility index (Phi) is 9.88. The van der Waals surface area contributed by atoms with Crippen LogP contribution in [0, 0.1) is 0 Å². The first-order valence-electron chi connectivity index (χ1n) is 11.6. The number of hydrogen-bond donors (Lipinski definition) is 4. The molecule has 11 heteroatoms. The summed E-state index contributed by atoms with van der Waals surface area (Å²) in [6, 6.07) is 3.11. The minimum atomic E-state index is -1.35. The highest BCUT2D eigenvalue weighted by molar-refractivity contribution is 5.92. The summed E-state index contributed by atoms with van der Waals surface area (Å²) >= 11 is 0. The van der Waals surface area contributed by atoms with E-state index in [1.54, 1.807) is 39.8 Å². The standard InChI is InChI=1S/C24H35N3O8/c1-5-34-19(30)11-12-25-21(31)20(15-7-6-8-17(29)13-15)27(16-9-10-16)22(32)18(14-28)26-23(33)35-24(2,3)4/h6-8,13,16,18,20,28-29H,5,9-12,14H2,1-4H3,(H,25,31)(H,26,33). The van der Waals surface area contributed by atoms with Gasteiger partial charge >= 0.3 is 12.1 Å². The van der Waals surface area contributed by atoms with Crippen LogP contribution in [0.25, 0.3) is 0 Å². The van der Waals surface area contributed by atoms with Gasteiger partial charge in [0.1, 0.15) is 23.4 Å². The van der Waals surface area contributed by atoms with Gasteiger partial charge in [-0.15, -0.1) is 0 Å². The van der Waals surface area contributed by atoms with Crippen LogP contribution in [0.1, 0.15) is 58.6 Å². The third-order valence-corrected chi connectivity index (χ3v) is 5.01. The second-order valence-electron chi connectivity index (χ2n) is 9.20. The third kappa shape index (κ3) is 8.75. The number of carbonyl (C=O) groups is 4. The van der Waals surface area contributed by atoms with Crippen molar-refractivity contribution in [3.8, 4) is 5.75 Å². The smallest absolute Gasteiger partial charge is 0.408 e. The molecule has 4 N–H and O–H groups in total. The molecular formula is C24H35N3O8. The van der Waals surface area contributed by atoms with Crippen LogP contribution in [0.3, 0.4) is 0 Å². The largest absolute Gasteiger partial charge is 0.508 e. The lowest BCUT2D eigenvalue weighted by molar-refractivity contribution is -0.145. The fourth-order valence-electron chi connectivity index (χ4n) is 3.44. The number of aliphatic hydroxyl groups is 1. The fourth-order valence-corrected chi connectivity index (χ4v) is 3.44. The van der Waals surface area contributed by atoms with Crippen LogP contribution in [0.4, 0.5) is 4.79 Å². The second kappa shape index (κ2) is 12.4. The van der Waals surface area contributed by atoms with Crippen molar-refractivity contribution in [3.05, 3.63) is 29.8 Å². The highest BCUT2D eigenvalue weighted by atomic mass is 16.6. The van der Waals surface area contributed by atoms with Gasteiger partial charge < -0.3 is 35.2 Å². The molecular weight excluding hydrogens is 458 g/mol. The second-order valence-corrected chi connectivity index (χ2v) is 9.20. The molecule has 1 aromatic carbocycles. The van der Waals surface area contributed by atoms with Crippen molar-refractivity contribution >= 4 is 23.9 Å². The van der Waals surface area contributed by atoms with Gasteiger partial charge in [0, 0.05) is 12.6 Å². The number of amides is 3. The Morgan fingerprint density at radius 2 is 1.89 bits per heavy atom. The van der Waals surface area contributed by atoms with E-state index in [2.05, 4.69) is 10.6 Å². The summed E-state index contributed by atoms with van der Waals surface area (Å²) in [6.45, 7) is 6.16. The molecule has 1 saturated carbocycles. The monoisotopic (exact) mass is 493 g/mol. The summed E-state index contributed by atoms with van der Waals surface area (Å²) < 4.78 is 10.1. The van der Waals surface area contributed by atoms with E-state index in [1.165, 1.54) is 17.0 Å². The van der Waals surface area contributed by atoms with E-state index >= 15 is 0 Å². The lowest BCUT2D eigenvalue weighted by Gasteiger charge is -2.34. The number of ether oxygens (including phenoxy) is 2. The summed E-state index contributed by atoms with van der Waals surface area (Å²) in [6.07, 6.45) is 0.320. The lowest BCUT2D eigenvalue weighted by atomic mass is 10.0. The number of nitrogens with zero attached hydrogens (tertiary/aromatic N) is 1. The molecule has 1 aliphatic carbocycles. The van der Waals surface area contributed by atoms with E-state index in [4.69, 9.17) is 9.47 Å². The molecule has 1 fully saturated rings. The van der Waals surface area contributed by atoms with E-state index in [0.29, 0.717) is 18.4 Å². The first kappa shape index (κ1) is 27.9. The van der Waals surface area contributed by atoms with Gasteiger partial charge in [-0.25, -0.2) is 4.79 Å². The van der Waals surface area contributed by atoms with Gasteiger partial charge in [-0.05, 0) is 58.2 Å². The molecule has 1 aliphatic rings. The van der Waals surface area contributed by atoms with Crippen LogP contribution in [0.5, 0.6) is 5.75 Å². The summed E-state index contributed by atoms with van der Waals surface area (Å²) in [5, 5.41) is 24.9. The van der Waals surface area contributed by atoms with E-state index in [-0.39, 0.29) is 31.4 Å². The summed E-state index contributed by atoms with van der Waals surface area (Å²) in [4.78, 5) is 52.0. The lowest BCUT2D eigenvalue weighted by Crippen LogP contribution is -2.55. The number of carbonyl (C=O) groups excluding carboxylic acids is 4. The molecule has 11 nitrogen and oxygen atoms in total. The number of phenols is 1. The molecule has 1 aromatic rings. The van der Waals surface area contributed by atoms with Gasteiger partial charge in [-0.2, -0.15) is 0 Å². The minimum Gasteiger partial charge on any atom is -0.508 e. The number of esters is 1. The van der Waals surface area contributed by atoms with Crippen molar-refractivity contribution in [3.63, 3.8) is 0 Å². The Morgan fingerprint density at radius 3 is 2.43 bits per heavy atom. The zero-order valence-electron chi connectivity index (χ0n) is 20.6. The predicted octanol–water partition coefficient (Wildman–Crippen LogP) is 1.38. The maximum absolute atomic E-state index is 13.5. The van der Waals surface area contributed by atoms with Crippen molar-refractivity contribution in [2.24, 2.45) is 0 Å². The number of benzene rings is 1. The zero-order chi connectivity index (χ0) is 26.2. The maximum atomic E-state index is 13.5. The van der Waals surface area contributed by atoms with Crippen LogP contribution < -0.4 is 10.6 Å². The molecule has 0 spiro atoms. The van der Waals surface area contributed by atoms with Gasteiger partial charge in [0.2, 0.25) is 11.8 Å². The van der Waals surface area contributed by atoms with E-state index < -0.39 is 48.2 Å². The van der Waals surface area contributed by atoms with Crippen LogP contribution in [-0.2, 0) is 23.9 Å². The molecule has 2 unspecified atom stereocenters. The van der Waals surface area contributed by atoms with Crippen molar-refractivity contribution in [1.82, 2.24) is 15.5 Å². The molecule has 0 aliphatic heterocycles. The Bertz CT molecular complexity index is 910. The molecule has 2 atom stereocenters. The molecule has 0 bridgehead atoms. The number of nitrogens with one attached hydrogen (secondary N) is 2. The average molecular weight is 494 g/mol. The molecule has 194 valence electrons. The van der Waals surface area contributed by atoms with Crippen molar-refractivity contribution in [1.29, 1.82) is 0 Å². The van der Waals surface area contributed by atoms with Crippen molar-refractivity contribution in [2.75, 3.05) is 19.8 Å². The normalized spacial score (nSPS) is 14.9. The molecule has 0 radical (unpaired) electrons. The van der Waals surface area contributed by atoms with Crippen LogP contribution in [0.2, 0.25) is 0 Å². The van der Waals surface area contributed by atoms with Crippen LogP contribution in [0.15, 0.2) is 24.3 Å². The number of rotatable bonds is 11. The minimum absolute atomic E-state index is 0.0146. The highest BCUT2D eigenvalue weighted by Crippen LogP contribution is 2.36. The van der Waals surface area contributed by atoms with Gasteiger partial charge in [-0.3, -0.25) is 14.4 Å². The molecule has 35 heavy (non-hydrogen) atoms. The Labute approximate surface area is 204 Å². The van der Waals surface area contributed by atoms with Crippen LogP contribution >= 0.6 is 0 Å². The topological polar surface area (TPSA) is 154 Å². The Morgan fingerprint density at radius 1 is 1.20 bits per heavy atom. The van der Waals surface area contributed by atoms with Gasteiger partial charge in [0.25, 0.3) is 0 Å². The van der Waals surface area contributed by atoms with Gasteiger partial charge in [-0.1, -0.05) is 12.1 Å². The number of alkyl carbamates (subject to hydrolysis) is 1. The van der Waals surface area contributed by atoms with E-state index in [1.807, 2.05) is 0 Å². The maximum Gasteiger partial charge on any atom is 0.408 e. The summed E-state index contributed by atoms with van der Waals surface area (Å²) in [5.74, 6) is -1.82. The summed E-state index contributed by atoms with van der Waals surface area (Å²) in [7, 11) is 0.